The molecule has 2 aliphatic rings. The smallest absolute Gasteiger partial charge is 0.236 e. The van der Waals surface area contributed by atoms with E-state index >= 15 is 0 Å². The molecule has 0 aromatic carbocycles. The van der Waals surface area contributed by atoms with Crippen LogP contribution in [0.4, 0.5) is 0 Å². The van der Waals surface area contributed by atoms with Crippen molar-refractivity contribution in [1.82, 2.24) is 15.1 Å². The Morgan fingerprint density at radius 3 is 2.63 bits per heavy atom. The first-order chi connectivity index (χ1) is 9.16. The molecular formula is C15H29N3O. The fourth-order valence-corrected chi connectivity index (χ4v) is 3.11. The fourth-order valence-electron chi connectivity index (χ4n) is 3.11. The molecule has 2 saturated heterocycles. The lowest BCUT2D eigenvalue weighted by molar-refractivity contribution is -0.132. The summed E-state index contributed by atoms with van der Waals surface area (Å²) in [6.45, 7) is 10.3. The Kier molecular flexibility index (Phi) is 5.64. The van der Waals surface area contributed by atoms with E-state index in [2.05, 4.69) is 24.1 Å². The number of nitrogens with zero attached hydrogens (tertiary/aromatic N) is 2. The molecule has 1 unspecified atom stereocenters. The van der Waals surface area contributed by atoms with Crippen LogP contribution in [0.25, 0.3) is 0 Å². The van der Waals surface area contributed by atoms with Gasteiger partial charge in [-0.15, -0.1) is 0 Å². The van der Waals surface area contributed by atoms with Gasteiger partial charge in [-0.1, -0.05) is 0 Å². The van der Waals surface area contributed by atoms with Crippen molar-refractivity contribution in [2.45, 2.75) is 45.6 Å². The second kappa shape index (κ2) is 7.25. The quantitative estimate of drug-likeness (QED) is 0.816. The van der Waals surface area contributed by atoms with Crippen LogP contribution in [-0.4, -0.2) is 61.0 Å². The lowest BCUT2D eigenvalue weighted by Crippen LogP contribution is -2.46. The first kappa shape index (κ1) is 14.8. The molecule has 2 heterocycles. The first-order valence-corrected chi connectivity index (χ1v) is 7.89. The van der Waals surface area contributed by atoms with E-state index in [1.807, 2.05) is 4.90 Å². The molecule has 0 aliphatic carbocycles. The van der Waals surface area contributed by atoms with Crippen molar-refractivity contribution >= 4 is 5.91 Å². The summed E-state index contributed by atoms with van der Waals surface area (Å²) >= 11 is 0. The van der Waals surface area contributed by atoms with Crippen molar-refractivity contribution in [3.8, 4) is 0 Å². The van der Waals surface area contributed by atoms with Gasteiger partial charge in [-0.2, -0.15) is 0 Å². The zero-order chi connectivity index (χ0) is 13.7. The van der Waals surface area contributed by atoms with E-state index in [0.29, 0.717) is 24.4 Å². The molecule has 110 valence electrons. The van der Waals surface area contributed by atoms with Crippen LogP contribution in [0.2, 0.25) is 0 Å². The van der Waals surface area contributed by atoms with Crippen molar-refractivity contribution in [3.05, 3.63) is 0 Å². The zero-order valence-electron chi connectivity index (χ0n) is 12.5. The number of piperidine rings is 1. The number of hydrogen-bond donors (Lipinski definition) is 1. The van der Waals surface area contributed by atoms with E-state index in [0.717, 1.165) is 32.7 Å². The number of rotatable bonds is 5. The van der Waals surface area contributed by atoms with Crippen LogP contribution < -0.4 is 5.32 Å². The Bertz CT molecular complexity index is 281. The summed E-state index contributed by atoms with van der Waals surface area (Å²) in [5.41, 5.74) is 0. The zero-order valence-corrected chi connectivity index (χ0v) is 12.5. The van der Waals surface area contributed by atoms with Gasteiger partial charge >= 0.3 is 0 Å². The Hall–Kier alpha value is -0.610. The van der Waals surface area contributed by atoms with Gasteiger partial charge in [0.15, 0.2) is 0 Å². The highest BCUT2D eigenvalue weighted by molar-refractivity contribution is 5.78. The van der Waals surface area contributed by atoms with Gasteiger partial charge in [-0.05, 0) is 58.5 Å². The van der Waals surface area contributed by atoms with Gasteiger partial charge in [-0.3, -0.25) is 9.69 Å². The van der Waals surface area contributed by atoms with E-state index in [1.54, 1.807) is 0 Å². The topological polar surface area (TPSA) is 35.6 Å². The van der Waals surface area contributed by atoms with Crippen molar-refractivity contribution in [1.29, 1.82) is 0 Å². The SMILES string of the molecule is CC(C)N(CC(=O)N1CCCC1)CC1CCCNC1. The van der Waals surface area contributed by atoms with Crippen molar-refractivity contribution in [2.24, 2.45) is 5.92 Å². The van der Waals surface area contributed by atoms with Gasteiger partial charge < -0.3 is 10.2 Å². The second-order valence-electron chi connectivity index (χ2n) is 6.32. The number of carbonyl (C=O) groups is 1. The van der Waals surface area contributed by atoms with E-state index in [-0.39, 0.29) is 0 Å². The molecule has 2 fully saturated rings. The average molecular weight is 267 g/mol. The van der Waals surface area contributed by atoms with Crippen molar-refractivity contribution < 1.29 is 4.79 Å². The molecule has 2 aliphatic heterocycles. The summed E-state index contributed by atoms with van der Waals surface area (Å²) in [5.74, 6) is 1.04. The van der Waals surface area contributed by atoms with Crippen LogP contribution in [0.3, 0.4) is 0 Å². The lowest BCUT2D eigenvalue weighted by atomic mass is 9.98. The molecule has 0 aromatic heterocycles. The minimum absolute atomic E-state index is 0.329. The third kappa shape index (κ3) is 4.46. The van der Waals surface area contributed by atoms with Crippen molar-refractivity contribution in [2.75, 3.05) is 39.3 Å². The Labute approximate surface area is 117 Å². The molecule has 2 rings (SSSR count). The largest absolute Gasteiger partial charge is 0.342 e. The van der Waals surface area contributed by atoms with Crippen LogP contribution in [0.15, 0.2) is 0 Å². The molecule has 0 aromatic rings. The minimum atomic E-state index is 0.329. The van der Waals surface area contributed by atoms with Gasteiger partial charge in [-0.25, -0.2) is 0 Å². The highest BCUT2D eigenvalue weighted by Crippen LogP contribution is 2.15. The second-order valence-corrected chi connectivity index (χ2v) is 6.32. The molecule has 1 amide bonds. The molecule has 0 spiro atoms. The van der Waals surface area contributed by atoms with Crippen LogP contribution in [-0.2, 0) is 4.79 Å². The summed E-state index contributed by atoms with van der Waals surface area (Å²) in [4.78, 5) is 16.7. The van der Waals surface area contributed by atoms with E-state index < -0.39 is 0 Å². The number of likely N-dealkylation sites (tertiary alicyclic amines) is 1. The summed E-state index contributed by atoms with van der Waals surface area (Å²) < 4.78 is 0. The van der Waals surface area contributed by atoms with Crippen LogP contribution in [0.5, 0.6) is 0 Å². The molecule has 4 nitrogen and oxygen atoms in total. The number of carbonyl (C=O) groups excluding carboxylic acids is 1. The van der Waals surface area contributed by atoms with E-state index in [9.17, 15) is 4.79 Å². The van der Waals surface area contributed by atoms with Gasteiger partial charge in [0.1, 0.15) is 0 Å². The number of amides is 1. The first-order valence-electron chi connectivity index (χ1n) is 7.89. The standard InChI is InChI=1S/C15H29N3O/c1-13(2)18(11-14-6-5-7-16-10-14)12-15(19)17-8-3-4-9-17/h13-14,16H,3-12H2,1-2H3. The normalized spacial score (nSPS) is 24.4. The maximum Gasteiger partial charge on any atom is 0.236 e. The summed E-state index contributed by atoms with van der Waals surface area (Å²) in [6.07, 6.45) is 4.94. The molecule has 1 atom stereocenters. The maximum absolute atomic E-state index is 12.3. The van der Waals surface area contributed by atoms with Gasteiger partial charge in [0, 0.05) is 25.7 Å². The van der Waals surface area contributed by atoms with E-state index in [1.165, 1.54) is 25.7 Å². The molecule has 4 heteroatoms. The predicted molar refractivity (Wildman–Crippen MR) is 78.1 cm³/mol. The Morgan fingerprint density at radius 2 is 2.05 bits per heavy atom. The third-order valence-electron chi connectivity index (χ3n) is 4.42. The maximum atomic E-state index is 12.3. The molecule has 0 saturated carbocycles. The Morgan fingerprint density at radius 1 is 1.32 bits per heavy atom. The lowest BCUT2D eigenvalue weighted by Gasteiger charge is -2.33. The molecule has 0 bridgehead atoms. The fraction of sp³-hybridized carbons (Fsp3) is 0.933. The van der Waals surface area contributed by atoms with Gasteiger partial charge in [0.25, 0.3) is 0 Å². The highest BCUT2D eigenvalue weighted by atomic mass is 16.2. The third-order valence-corrected chi connectivity index (χ3v) is 4.42. The van der Waals surface area contributed by atoms with Gasteiger partial charge in [0.05, 0.1) is 6.54 Å². The summed E-state index contributed by atoms with van der Waals surface area (Å²) in [6, 6.07) is 0.452. The molecule has 0 radical (unpaired) electrons. The summed E-state index contributed by atoms with van der Waals surface area (Å²) in [7, 11) is 0. The van der Waals surface area contributed by atoms with E-state index in [4.69, 9.17) is 0 Å². The number of nitrogens with one attached hydrogen (secondary N) is 1. The van der Waals surface area contributed by atoms with Crippen molar-refractivity contribution in [3.63, 3.8) is 0 Å². The minimum Gasteiger partial charge on any atom is -0.342 e. The average Bonchev–Trinajstić information content (AvgIpc) is 2.93. The number of hydrogen-bond acceptors (Lipinski definition) is 3. The Balaban J connectivity index is 1.82. The van der Waals surface area contributed by atoms with Gasteiger partial charge in [0.2, 0.25) is 5.91 Å². The van der Waals surface area contributed by atoms with Crippen LogP contribution >= 0.6 is 0 Å². The molecule has 1 N–H and O–H groups in total. The predicted octanol–water partition coefficient (Wildman–Crippen LogP) is 1.32. The molecular weight excluding hydrogens is 238 g/mol. The molecule has 19 heavy (non-hydrogen) atoms. The van der Waals surface area contributed by atoms with Crippen LogP contribution in [0.1, 0.15) is 39.5 Å². The van der Waals surface area contributed by atoms with Crippen LogP contribution in [0, 0.1) is 5.92 Å². The highest BCUT2D eigenvalue weighted by Gasteiger charge is 2.24. The monoisotopic (exact) mass is 267 g/mol. The summed E-state index contributed by atoms with van der Waals surface area (Å²) in [5, 5.41) is 3.47.